The molecule has 2 atom stereocenters. The van der Waals surface area contributed by atoms with Gasteiger partial charge in [0.15, 0.2) is 0 Å². The summed E-state index contributed by atoms with van der Waals surface area (Å²) in [5.41, 5.74) is 0.699. The third kappa shape index (κ3) is 3.25. The van der Waals surface area contributed by atoms with Gasteiger partial charge in [-0.15, -0.1) is 0 Å². The van der Waals surface area contributed by atoms with Crippen molar-refractivity contribution in [3.05, 3.63) is 24.3 Å². The summed E-state index contributed by atoms with van der Waals surface area (Å²) in [5, 5.41) is 10.1. The lowest BCUT2D eigenvalue weighted by atomic mass is 9.98. The van der Waals surface area contributed by atoms with Crippen molar-refractivity contribution in [2.24, 2.45) is 5.92 Å². The highest BCUT2D eigenvalue weighted by Gasteiger charge is 2.24. The summed E-state index contributed by atoms with van der Waals surface area (Å²) in [6.45, 7) is 6.55. The van der Waals surface area contributed by atoms with Crippen LogP contribution in [-0.4, -0.2) is 27.8 Å². The van der Waals surface area contributed by atoms with E-state index < -0.39 is 6.10 Å². The Morgan fingerprint density at radius 1 is 1.33 bits per heavy atom. The molecule has 0 radical (unpaired) electrons. The van der Waals surface area contributed by atoms with Crippen LogP contribution in [0.15, 0.2) is 18.7 Å². The largest absolute Gasteiger partial charge is 0.386 e. The van der Waals surface area contributed by atoms with Crippen LogP contribution in [0.5, 0.6) is 0 Å². The van der Waals surface area contributed by atoms with Crippen LogP contribution >= 0.6 is 0 Å². The zero-order valence-corrected chi connectivity index (χ0v) is 9.42. The van der Waals surface area contributed by atoms with E-state index in [0.29, 0.717) is 12.2 Å². The first kappa shape index (κ1) is 12.1. The first-order valence-corrected chi connectivity index (χ1v) is 5.21. The Morgan fingerprint density at radius 2 is 1.93 bits per heavy atom. The molecule has 1 aromatic rings. The number of nitrogens with zero attached hydrogens (tertiary/aromatic N) is 2. The van der Waals surface area contributed by atoms with Crippen molar-refractivity contribution in [1.29, 1.82) is 0 Å². The van der Waals surface area contributed by atoms with Crippen molar-refractivity contribution in [3.8, 4) is 0 Å². The number of aliphatic hydroxyl groups is 1. The minimum Gasteiger partial charge on any atom is -0.386 e. The van der Waals surface area contributed by atoms with Gasteiger partial charge in [0.1, 0.15) is 12.4 Å². The second-order valence-corrected chi connectivity index (χ2v) is 3.78. The molecule has 0 saturated carbocycles. The van der Waals surface area contributed by atoms with Gasteiger partial charge in [-0.2, -0.15) is 0 Å². The number of ether oxygens (including phenoxy) is 1. The van der Waals surface area contributed by atoms with Crippen LogP contribution in [0.2, 0.25) is 0 Å². The van der Waals surface area contributed by atoms with E-state index in [1.807, 2.05) is 20.8 Å². The molecule has 4 nitrogen and oxygen atoms in total. The summed E-state index contributed by atoms with van der Waals surface area (Å²) in [6.07, 6.45) is 3.81. The van der Waals surface area contributed by atoms with Crippen molar-refractivity contribution >= 4 is 0 Å². The van der Waals surface area contributed by atoms with E-state index >= 15 is 0 Å². The van der Waals surface area contributed by atoms with Crippen LogP contribution < -0.4 is 0 Å². The Hall–Kier alpha value is -1.00. The van der Waals surface area contributed by atoms with E-state index in [1.165, 1.54) is 6.33 Å². The fourth-order valence-corrected chi connectivity index (χ4v) is 1.49. The maximum Gasteiger partial charge on any atom is 0.115 e. The summed E-state index contributed by atoms with van der Waals surface area (Å²) >= 11 is 0. The van der Waals surface area contributed by atoms with Gasteiger partial charge in [0.2, 0.25) is 0 Å². The average molecular weight is 210 g/mol. The van der Waals surface area contributed by atoms with E-state index in [4.69, 9.17) is 4.74 Å². The van der Waals surface area contributed by atoms with Gasteiger partial charge in [0.25, 0.3) is 0 Å². The zero-order chi connectivity index (χ0) is 11.3. The number of aromatic nitrogens is 2. The van der Waals surface area contributed by atoms with Gasteiger partial charge in [-0.05, 0) is 12.8 Å². The smallest absolute Gasteiger partial charge is 0.115 e. The molecular formula is C11H18N2O2. The fourth-order valence-electron chi connectivity index (χ4n) is 1.49. The topological polar surface area (TPSA) is 55.2 Å². The molecule has 15 heavy (non-hydrogen) atoms. The molecule has 4 heteroatoms. The Bertz CT molecular complexity index is 277. The van der Waals surface area contributed by atoms with Crippen molar-refractivity contribution in [1.82, 2.24) is 9.97 Å². The second-order valence-electron chi connectivity index (χ2n) is 3.78. The molecular weight excluding hydrogens is 192 g/mol. The van der Waals surface area contributed by atoms with Gasteiger partial charge < -0.3 is 9.84 Å². The second kappa shape index (κ2) is 5.78. The van der Waals surface area contributed by atoms with Crippen molar-refractivity contribution in [3.63, 3.8) is 0 Å². The molecule has 1 aromatic heterocycles. The molecule has 0 amide bonds. The Kier molecular flexibility index (Phi) is 4.65. The normalized spacial score (nSPS) is 15.3. The predicted molar refractivity (Wildman–Crippen MR) is 57.2 cm³/mol. The molecule has 84 valence electrons. The molecule has 0 spiro atoms. The molecule has 1 N–H and O–H groups in total. The number of aliphatic hydroxyl groups excluding tert-OH is 1. The van der Waals surface area contributed by atoms with Gasteiger partial charge >= 0.3 is 0 Å². The van der Waals surface area contributed by atoms with Gasteiger partial charge in [-0.1, -0.05) is 13.8 Å². The van der Waals surface area contributed by atoms with Crippen LogP contribution in [0.25, 0.3) is 0 Å². The average Bonchev–Trinajstić information content (AvgIpc) is 2.26. The Labute approximate surface area is 90.3 Å². The van der Waals surface area contributed by atoms with E-state index in [0.717, 1.165) is 0 Å². The Balaban J connectivity index is 2.76. The van der Waals surface area contributed by atoms with E-state index in [1.54, 1.807) is 12.4 Å². The van der Waals surface area contributed by atoms with Crippen molar-refractivity contribution in [2.45, 2.75) is 33.0 Å². The minimum absolute atomic E-state index is 0.207. The Morgan fingerprint density at radius 3 is 2.40 bits per heavy atom. The highest BCUT2D eigenvalue weighted by Crippen LogP contribution is 2.23. The van der Waals surface area contributed by atoms with Gasteiger partial charge in [0.05, 0.1) is 6.10 Å². The standard InChI is InChI=1S/C11H18N2O2/c1-4-15-11(8(2)3)10(14)9-5-12-7-13-6-9/h5-8,10-11,14H,4H2,1-3H3. The van der Waals surface area contributed by atoms with Crippen molar-refractivity contribution < 1.29 is 9.84 Å². The number of rotatable bonds is 5. The highest BCUT2D eigenvalue weighted by atomic mass is 16.5. The maximum absolute atomic E-state index is 10.1. The lowest BCUT2D eigenvalue weighted by molar-refractivity contribution is -0.0587. The quantitative estimate of drug-likeness (QED) is 0.801. The summed E-state index contributed by atoms with van der Waals surface area (Å²) in [5.74, 6) is 0.250. The van der Waals surface area contributed by atoms with E-state index in [-0.39, 0.29) is 12.0 Å². The van der Waals surface area contributed by atoms with E-state index in [9.17, 15) is 5.11 Å². The van der Waals surface area contributed by atoms with Gasteiger partial charge in [-0.25, -0.2) is 9.97 Å². The number of hydrogen-bond acceptors (Lipinski definition) is 4. The van der Waals surface area contributed by atoms with Crippen LogP contribution in [0, 0.1) is 5.92 Å². The molecule has 1 heterocycles. The lowest BCUT2D eigenvalue weighted by Gasteiger charge is -2.25. The van der Waals surface area contributed by atoms with E-state index in [2.05, 4.69) is 9.97 Å². The van der Waals surface area contributed by atoms with Gasteiger partial charge in [-0.3, -0.25) is 0 Å². The highest BCUT2D eigenvalue weighted by molar-refractivity contribution is 5.08. The molecule has 0 aliphatic rings. The molecule has 0 bridgehead atoms. The van der Waals surface area contributed by atoms with Crippen molar-refractivity contribution in [2.75, 3.05) is 6.61 Å². The zero-order valence-electron chi connectivity index (χ0n) is 9.42. The third-order valence-electron chi connectivity index (χ3n) is 2.25. The molecule has 0 fully saturated rings. The minimum atomic E-state index is -0.661. The predicted octanol–water partition coefficient (Wildman–Crippen LogP) is 1.57. The molecule has 0 aliphatic heterocycles. The molecule has 0 saturated heterocycles. The lowest BCUT2D eigenvalue weighted by Crippen LogP contribution is -2.28. The van der Waals surface area contributed by atoms with Gasteiger partial charge in [0, 0.05) is 24.6 Å². The molecule has 0 aromatic carbocycles. The number of hydrogen-bond donors (Lipinski definition) is 1. The van der Waals surface area contributed by atoms with Crippen LogP contribution in [0.1, 0.15) is 32.4 Å². The summed E-state index contributed by atoms with van der Waals surface area (Å²) < 4.78 is 5.51. The summed E-state index contributed by atoms with van der Waals surface area (Å²) in [7, 11) is 0. The summed E-state index contributed by atoms with van der Waals surface area (Å²) in [4.78, 5) is 7.76. The first-order valence-electron chi connectivity index (χ1n) is 5.21. The monoisotopic (exact) mass is 210 g/mol. The first-order chi connectivity index (χ1) is 7.16. The molecule has 1 rings (SSSR count). The maximum atomic E-state index is 10.1. The van der Waals surface area contributed by atoms with Crippen LogP contribution in [0.4, 0.5) is 0 Å². The van der Waals surface area contributed by atoms with Crippen LogP contribution in [-0.2, 0) is 4.74 Å². The fraction of sp³-hybridized carbons (Fsp3) is 0.636. The van der Waals surface area contributed by atoms with Crippen LogP contribution in [0.3, 0.4) is 0 Å². The molecule has 2 unspecified atom stereocenters. The molecule has 0 aliphatic carbocycles. The summed E-state index contributed by atoms with van der Waals surface area (Å²) in [6, 6.07) is 0. The third-order valence-corrected chi connectivity index (χ3v) is 2.25. The SMILES string of the molecule is CCOC(C(C)C)C(O)c1cncnc1.